The zero-order valence-electron chi connectivity index (χ0n) is 25.4. The van der Waals surface area contributed by atoms with Crippen LogP contribution in [-0.2, 0) is 0 Å². The van der Waals surface area contributed by atoms with Crippen LogP contribution in [-0.4, -0.2) is 4.98 Å². The van der Waals surface area contributed by atoms with E-state index in [1.54, 1.807) is 11.3 Å². The Morgan fingerprint density at radius 3 is 1.94 bits per heavy atom. The Morgan fingerprint density at radius 1 is 0.426 bits per heavy atom. The number of nitrogens with zero attached hydrogens (tertiary/aromatic N) is 2. The molecule has 0 spiro atoms. The molecule has 0 atom stereocenters. The summed E-state index contributed by atoms with van der Waals surface area (Å²) in [7, 11) is 0. The minimum absolute atomic E-state index is 1.04. The molecule has 0 N–H and O–H groups in total. The van der Waals surface area contributed by atoms with Crippen LogP contribution in [0.4, 0.5) is 17.1 Å². The smallest absolute Gasteiger partial charge is 0.124 e. The maximum absolute atomic E-state index is 4.91. The molecule has 0 unspecified atom stereocenters. The Kier molecular flexibility index (Phi) is 6.89. The Balaban J connectivity index is 1.15. The van der Waals surface area contributed by atoms with Gasteiger partial charge in [0.2, 0.25) is 0 Å². The maximum atomic E-state index is 4.91. The molecule has 1 aliphatic heterocycles. The van der Waals surface area contributed by atoms with Crippen molar-refractivity contribution in [2.45, 2.75) is 0 Å². The van der Waals surface area contributed by atoms with Gasteiger partial charge >= 0.3 is 0 Å². The lowest BCUT2D eigenvalue weighted by Crippen LogP contribution is -2.11. The third kappa shape index (κ3) is 5.18. The van der Waals surface area contributed by atoms with Gasteiger partial charge in [0.1, 0.15) is 5.01 Å². The minimum Gasteiger partial charge on any atom is -0.310 e. The van der Waals surface area contributed by atoms with E-state index in [0.717, 1.165) is 33.1 Å². The van der Waals surface area contributed by atoms with Crippen molar-refractivity contribution >= 4 is 60.7 Å². The molecule has 47 heavy (non-hydrogen) atoms. The SMILES string of the molecule is c1cc2ccc(-c3ccccc3N(c3ccc(-c4ccc5ccccc5c4)cc3)c3ccc(-c4nc5ccccc5s4)cc3)sc-2c1. The number of hydrogen-bond acceptors (Lipinski definition) is 4. The van der Waals surface area contributed by atoms with Crippen molar-refractivity contribution in [1.82, 2.24) is 4.98 Å². The van der Waals surface area contributed by atoms with Crippen molar-refractivity contribution in [1.29, 1.82) is 0 Å². The van der Waals surface area contributed by atoms with Crippen molar-refractivity contribution in [3.8, 4) is 42.6 Å². The highest BCUT2D eigenvalue weighted by atomic mass is 32.1. The van der Waals surface area contributed by atoms with Crippen LogP contribution in [0.2, 0.25) is 0 Å². The van der Waals surface area contributed by atoms with E-state index < -0.39 is 0 Å². The average Bonchev–Trinajstić information content (AvgIpc) is 3.80. The summed E-state index contributed by atoms with van der Waals surface area (Å²) in [4.78, 5) is 9.82. The second kappa shape index (κ2) is 11.7. The summed E-state index contributed by atoms with van der Waals surface area (Å²) < 4.78 is 1.21. The number of fused-ring (bicyclic) bond motifs is 3. The Morgan fingerprint density at radius 2 is 1.11 bits per heavy atom. The maximum Gasteiger partial charge on any atom is 0.124 e. The van der Waals surface area contributed by atoms with Crippen LogP contribution in [0.15, 0.2) is 170 Å². The van der Waals surface area contributed by atoms with Crippen LogP contribution < -0.4 is 4.90 Å². The quantitative estimate of drug-likeness (QED) is 0.181. The molecular formula is C43H28N2S2. The molecular weight excluding hydrogens is 609 g/mol. The third-order valence-electron chi connectivity index (χ3n) is 8.73. The van der Waals surface area contributed by atoms with Gasteiger partial charge < -0.3 is 4.90 Å². The van der Waals surface area contributed by atoms with E-state index in [-0.39, 0.29) is 0 Å². The molecule has 2 heterocycles. The fourth-order valence-corrected chi connectivity index (χ4v) is 8.36. The average molecular weight is 637 g/mol. The molecule has 0 saturated carbocycles. The first-order valence-corrected chi connectivity index (χ1v) is 17.3. The van der Waals surface area contributed by atoms with Crippen molar-refractivity contribution in [3.05, 3.63) is 170 Å². The van der Waals surface area contributed by atoms with Gasteiger partial charge in [-0.15, -0.1) is 22.7 Å². The van der Waals surface area contributed by atoms with Gasteiger partial charge in [0.05, 0.1) is 15.9 Å². The molecule has 2 nitrogen and oxygen atoms in total. The standard InChI is InChI=1S/C43H28N2S2/c1-2-9-33-28-34(17-16-29(33)8-1)30-18-23-35(24-19-30)45(36-25-20-32(21-26-36)43-44-38-12-4-6-14-42(38)47-43)39-13-5-3-11-37(39)41-27-22-31-10-7-15-40(31)46-41/h1-28H. The molecule has 6 aromatic carbocycles. The number of thiazole rings is 1. The highest BCUT2D eigenvalue weighted by Crippen LogP contribution is 2.45. The van der Waals surface area contributed by atoms with E-state index in [4.69, 9.17) is 4.98 Å². The molecule has 0 radical (unpaired) electrons. The van der Waals surface area contributed by atoms with E-state index in [2.05, 4.69) is 169 Å². The van der Waals surface area contributed by atoms with Gasteiger partial charge in [-0.05, 0) is 100 Å². The summed E-state index contributed by atoms with van der Waals surface area (Å²) >= 11 is 3.57. The Bertz CT molecular complexity index is 2440. The molecule has 0 bridgehead atoms. The lowest BCUT2D eigenvalue weighted by atomic mass is 10.0. The van der Waals surface area contributed by atoms with Gasteiger partial charge in [-0.1, -0.05) is 97.1 Å². The van der Waals surface area contributed by atoms with Gasteiger partial charge in [0.25, 0.3) is 0 Å². The number of aromatic nitrogens is 1. The summed E-state index contributed by atoms with van der Waals surface area (Å²) in [6, 6.07) is 61.1. The normalized spacial score (nSPS) is 11.4. The third-order valence-corrected chi connectivity index (χ3v) is 11.0. The van der Waals surface area contributed by atoms with Crippen molar-refractivity contribution < 1.29 is 0 Å². The van der Waals surface area contributed by atoms with Gasteiger partial charge in [-0.25, -0.2) is 4.98 Å². The highest BCUT2D eigenvalue weighted by molar-refractivity contribution is 7.21. The molecule has 7 aromatic rings. The van der Waals surface area contributed by atoms with E-state index >= 15 is 0 Å². The molecule has 1 aliphatic carbocycles. The van der Waals surface area contributed by atoms with Crippen molar-refractivity contribution in [2.75, 3.05) is 4.90 Å². The van der Waals surface area contributed by atoms with Gasteiger partial charge in [-0.3, -0.25) is 0 Å². The van der Waals surface area contributed by atoms with E-state index in [9.17, 15) is 0 Å². The first kappa shape index (κ1) is 27.7. The zero-order chi connectivity index (χ0) is 31.2. The molecule has 0 fully saturated rings. The monoisotopic (exact) mass is 636 g/mol. The predicted octanol–water partition coefficient (Wildman–Crippen LogP) is 13.1. The fourth-order valence-electron chi connectivity index (χ4n) is 6.34. The molecule has 9 rings (SSSR count). The number of benzene rings is 6. The Hall–Kier alpha value is -5.55. The molecule has 222 valence electrons. The molecule has 0 saturated heterocycles. The number of para-hydroxylation sites is 2. The second-order valence-electron chi connectivity index (χ2n) is 11.6. The minimum atomic E-state index is 1.04. The topological polar surface area (TPSA) is 16.1 Å². The molecule has 0 amide bonds. The summed E-state index contributed by atoms with van der Waals surface area (Å²) in [5, 5.41) is 3.54. The summed E-state index contributed by atoms with van der Waals surface area (Å²) in [5.74, 6) is 0. The van der Waals surface area contributed by atoms with Crippen LogP contribution in [0.1, 0.15) is 0 Å². The number of hydrogen-bond donors (Lipinski definition) is 0. The van der Waals surface area contributed by atoms with Gasteiger partial charge in [-0.2, -0.15) is 0 Å². The van der Waals surface area contributed by atoms with Crippen LogP contribution in [0.25, 0.3) is 63.6 Å². The predicted molar refractivity (Wildman–Crippen MR) is 203 cm³/mol. The lowest BCUT2D eigenvalue weighted by Gasteiger charge is -2.28. The van der Waals surface area contributed by atoms with E-state index in [0.29, 0.717) is 0 Å². The van der Waals surface area contributed by atoms with Gasteiger partial charge in [0, 0.05) is 32.3 Å². The highest BCUT2D eigenvalue weighted by Gasteiger charge is 2.19. The first-order chi connectivity index (χ1) is 23.3. The van der Waals surface area contributed by atoms with Crippen LogP contribution in [0.5, 0.6) is 0 Å². The van der Waals surface area contributed by atoms with Crippen LogP contribution in [0.3, 0.4) is 0 Å². The second-order valence-corrected chi connectivity index (χ2v) is 13.8. The summed E-state index contributed by atoms with van der Waals surface area (Å²) in [6.07, 6.45) is 0. The fraction of sp³-hybridized carbons (Fsp3) is 0. The van der Waals surface area contributed by atoms with E-state index in [1.165, 1.54) is 47.5 Å². The number of rotatable bonds is 6. The van der Waals surface area contributed by atoms with E-state index in [1.807, 2.05) is 17.4 Å². The summed E-state index contributed by atoms with van der Waals surface area (Å²) in [5.41, 5.74) is 10.4. The van der Waals surface area contributed by atoms with Crippen molar-refractivity contribution in [3.63, 3.8) is 0 Å². The van der Waals surface area contributed by atoms with Crippen LogP contribution >= 0.6 is 22.7 Å². The Labute approximate surface area is 281 Å². The molecule has 4 heteroatoms. The molecule has 1 aromatic heterocycles. The number of anilines is 3. The first-order valence-electron chi connectivity index (χ1n) is 15.7. The largest absolute Gasteiger partial charge is 0.310 e. The van der Waals surface area contributed by atoms with Gasteiger partial charge in [0.15, 0.2) is 0 Å². The summed E-state index contributed by atoms with van der Waals surface area (Å²) in [6.45, 7) is 0. The molecule has 2 aliphatic rings. The zero-order valence-corrected chi connectivity index (χ0v) is 27.0. The lowest BCUT2D eigenvalue weighted by molar-refractivity contribution is 1.28. The van der Waals surface area contributed by atoms with Crippen LogP contribution in [0, 0.1) is 0 Å². The van der Waals surface area contributed by atoms with Crippen molar-refractivity contribution in [2.24, 2.45) is 0 Å².